The third-order valence-electron chi connectivity index (χ3n) is 2.29. The van der Waals surface area contributed by atoms with Crippen molar-refractivity contribution in [1.29, 1.82) is 0 Å². The minimum absolute atomic E-state index is 0.0282. The van der Waals surface area contributed by atoms with E-state index < -0.39 is 5.54 Å². The van der Waals surface area contributed by atoms with Gasteiger partial charge in [0.2, 0.25) is 5.91 Å². The molecule has 0 saturated carbocycles. The molecule has 0 heterocycles. The van der Waals surface area contributed by atoms with Crippen molar-refractivity contribution in [3.63, 3.8) is 0 Å². The van der Waals surface area contributed by atoms with Gasteiger partial charge in [-0.25, -0.2) is 0 Å². The molecule has 15 heavy (non-hydrogen) atoms. The SMILES string of the molecule is CCCOCCCNC(=O)C(C)(C)NC. The van der Waals surface area contributed by atoms with Crippen molar-refractivity contribution < 1.29 is 9.53 Å². The van der Waals surface area contributed by atoms with Crippen molar-refractivity contribution in [2.24, 2.45) is 0 Å². The second kappa shape index (κ2) is 7.65. The monoisotopic (exact) mass is 216 g/mol. The lowest BCUT2D eigenvalue weighted by Crippen LogP contribution is -2.51. The molecule has 0 bridgehead atoms. The molecule has 0 rings (SSSR count). The van der Waals surface area contributed by atoms with Crippen molar-refractivity contribution in [1.82, 2.24) is 10.6 Å². The number of rotatable bonds is 8. The van der Waals surface area contributed by atoms with E-state index in [2.05, 4.69) is 17.6 Å². The Labute approximate surface area is 92.8 Å². The second-order valence-electron chi connectivity index (χ2n) is 4.10. The molecule has 0 aliphatic heterocycles. The van der Waals surface area contributed by atoms with Gasteiger partial charge in [0, 0.05) is 19.8 Å². The number of hydrogen-bond acceptors (Lipinski definition) is 3. The van der Waals surface area contributed by atoms with Crippen molar-refractivity contribution >= 4 is 5.91 Å². The summed E-state index contributed by atoms with van der Waals surface area (Å²) in [5, 5.41) is 5.83. The maximum absolute atomic E-state index is 11.6. The summed E-state index contributed by atoms with van der Waals surface area (Å²) >= 11 is 0. The van der Waals surface area contributed by atoms with Gasteiger partial charge in [-0.3, -0.25) is 4.79 Å². The molecule has 4 nitrogen and oxygen atoms in total. The van der Waals surface area contributed by atoms with Crippen LogP contribution in [0.3, 0.4) is 0 Å². The molecular formula is C11H24N2O2. The van der Waals surface area contributed by atoms with E-state index in [1.807, 2.05) is 13.8 Å². The second-order valence-corrected chi connectivity index (χ2v) is 4.10. The van der Waals surface area contributed by atoms with E-state index in [0.29, 0.717) is 13.2 Å². The number of nitrogens with one attached hydrogen (secondary N) is 2. The molecule has 4 heteroatoms. The fourth-order valence-electron chi connectivity index (χ4n) is 0.957. The molecule has 0 atom stereocenters. The van der Waals surface area contributed by atoms with Crippen LogP contribution >= 0.6 is 0 Å². The lowest BCUT2D eigenvalue weighted by Gasteiger charge is -2.22. The smallest absolute Gasteiger partial charge is 0.239 e. The molecule has 0 aromatic heterocycles. The zero-order valence-electron chi connectivity index (χ0n) is 10.4. The number of likely N-dealkylation sites (N-methyl/N-ethyl adjacent to an activating group) is 1. The Balaban J connectivity index is 3.47. The lowest BCUT2D eigenvalue weighted by atomic mass is 10.1. The first-order valence-corrected chi connectivity index (χ1v) is 5.59. The van der Waals surface area contributed by atoms with Gasteiger partial charge in [-0.2, -0.15) is 0 Å². The Morgan fingerprint density at radius 3 is 2.53 bits per heavy atom. The number of carbonyl (C=O) groups is 1. The maximum atomic E-state index is 11.6. The highest BCUT2D eigenvalue weighted by Gasteiger charge is 2.24. The predicted molar refractivity (Wildman–Crippen MR) is 61.9 cm³/mol. The van der Waals surface area contributed by atoms with Gasteiger partial charge in [0.05, 0.1) is 5.54 Å². The molecule has 0 fully saturated rings. The summed E-state index contributed by atoms with van der Waals surface area (Å²) < 4.78 is 5.31. The highest BCUT2D eigenvalue weighted by atomic mass is 16.5. The largest absolute Gasteiger partial charge is 0.381 e. The van der Waals surface area contributed by atoms with Gasteiger partial charge in [-0.05, 0) is 33.7 Å². The molecule has 1 amide bonds. The standard InChI is InChI=1S/C11H24N2O2/c1-5-8-15-9-6-7-13-10(14)11(2,3)12-4/h12H,5-9H2,1-4H3,(H,13,14). The van der Waals surface area contributed by atoms with E-state index in [1.165, 1.54) is 0 Å². The van der Waals surface area contributed by atoms with E-state index in [9.17, 15) is 4.79 Å². The van der Waals surface area contributed by atoms with Gasteiger partial charge in [0.15, 0.2) is 0 Å². The van der Waals surface area contributed by atoms with Crippen LogP contribution in [0.5, 0.6) is 0 Å². The van der Waals surface area contributed by atoms with Crippen LogP contribution in [0.1, 0.15) is 33.6 Å². The van der Waals surface area contributed by atoms with E-state index in [1.54, 1.807) is 7.05 Å². The molecule has 0 aliphatic rings. The van der Waals surface area contributed by atoms with E-state index >= 15 is 0 Å². The van der Waals surface area contributed by atoms with Crippen molar-refractivity contribution in [3.05, 3.63) is 0 Å². The van der Waals surface area contributed by atoms with Gasteiger partial charge in [0.25, 0.3) is 0 Å². The Morgan fingerprint density at radius 2 is 2.00 bits per heavy atom. The van der Waals surface area contributed by atoms with Gasteiger partial charge in [-0.1, -0.05) is 6.92 Å². The summed E-state index contributed by atoms with van der Waals surface area (Å²) in [5.74, 6) is 0.0282. The Kier molecular flexibility index (Phi) is 7.34. The van der Waals surface area contributed by atoms with E-state index in [0.717, 1.165) is 19.4 Å². The first kappa shape index (κ1) is 14.4. The Morgan fingerprint density at radius 1 is 1.33 bits per heavy atom. The fraction of sp³-hybridized carbons (Fsp3) is 0.909. The molecule has 0 aromatic rings. The highest BCUT2D eigenvalue weighted by molar-refractivity contribution is 5.85. The molecule has 0 saturated heterocycles. The zero-order valence-corrected chi connectivity index (χ0v) is 10.4. The van der Waals surface area contributed by atoms with Crippen LogP contribution in [0.15, 0.2) is 0 Å². The molecular weight excluding hydrogens is 192 g/mol. The molecule has 0 radical (unpaired) electrons. The van der Waals surface area contributed by atoms with Gasteiger partial charge in [-0.15, -0.1) is 0 Å². The predicted octanol–water partition coefficient (Wildman–Crippen LogP) is 0.917. The lowest BCUT2D eigenvalue weighted by molar-refractivity contribution is -0.126. The van der Waals surface area contributed by atoms with E-state index in [4.69, 9.17) is 4.74 Å². The van der Waals surface area contributed by atoms with Gasteiger partial charge < -0.3 is 15.4 Å². The van der Waals surface area contributed by atoms with Crippen LogP contribution < -0.4 is 10.6 Å². The highest BCUT2D eigenvalue weighted by Crippen LogP contribution is 1.99. The van der Waals surface area contributed by atoms with Gasteiger partial charge in [0.1, 0.15) is 0 Å². The quantitative estimate of drug-likeness (QED) is 0.593. The number of hydrogen-bond donors (Lipinski definition) is 2. The summed E-state index contributed by atoms with van der Waals surface area (Å²) in [5.41, 5.74) is -0.496. The molecule has 90 valence electrons. The normalized spacial score (nSPS) is 11.5. The minimum atomic E-state index is -0.496. The topological polar surface area (TPSA) is 50.4 Å². The van der Waals surface area contributed by atoms with Crippen LogP contribution in [-0.4, -0.2) is 38.3 Å². The van der Waals surface area contributed by atoms with Crippen molar-refractivity contribution in [3.8, 4) is 0 Å². The third kappa shape index (κ3) is 6.47. The minimum Gasteiger partial charge on any atom is -0.381 e. The summed E-state index contributed by atoms with van der Waals surface area (Å²) in [4.78, 5) is 11.6. The zero-order chi connectivity index (χ0) is 11.7. The molecule has 0 spiro atoms. The third-order valence-corrected chi connectivity index (χ3v) is 2.29. The number of carbonyl (C=O) groups excluding carboxylic acids is 1. The summed E-state index contributed by atoms with van der Waals surface area (Å²) in [6.45, 7) is 7.99. The van der Waals surface area contributed by atoms with Crippen LogP contribution in [-0.2, 0) is 9.53 Å². The molecule has 0 unspecified atom stereocenters. The summed E-state index contributed by atoms with van der Waals surface area (Å²) in [6.07, 6.45) is 1.91. The number of ether oxygens (including phenoxy) is 1. The van der Waals surface area contributed by atoms with E-state index in [-0.39, 0.29) is 5.91 Å². The Hall–Kier alpha value is -0.610. The average Bonchev–Trinajstić information content (AvgIpc) is 2.22. The summed E-state index contributed by atoms with van der Waals surface area (Å²) in [7, 11) is 1.78. The summed E-state index contributed by atoms with van der Waals surface area (Å²) in [6, 6.07) is 0. The Bertz CT molecular complexity index is 181. The molecule has 2 N–H and O–H groups in total. The fourth-order valence-corrected chi connectivity index (χ4v) is 0.957. The van der Waals surface area contributed by atoms with Gasteiger partial charge >= 0.3 is 0 Å². The number of amides is 1. The average molecular weight is 216 g/mol. The van der Waals surface area contributed by atoms with Crippen LogP contribution in [0.25, 0.3) is 0 Å². The molecule has 0 aliphatic carbocycles. The van der Waals surface area contributed by atoms with Crippen molar-refractivity contribution in [2.75, 3.05) is 26.8 Å². The van der Waals surface area contributed by atoms with Crippen LogP contribution in [0.2, 0.25) is 0 Å². The van der Waals surface area contributed by atoms with Crippen LogP contribution in [0, 0.1) is 0 Å². The first-order valence-electron chi connectivity index (χ1n) is 5.59. The van der Waals surface area contributed by atoms with Crippen LogP contribution in [0.4, 0.5) is 0 Å². The first-order chi connectivity index (χ1) is 7.04. The molecule has 0 aromatic carbocycles. The van der Waals surface area contributed by atoms with Crippen molar-refractivity contribution in [2.45, 2.75) is 39.2 Å². The maximum Gasteiger partial charge on any atom is 0.239 e.